The molecular weight excluding hydrogens is 797 g/mol. The quantitative estimate of drug-likeness (QED) is 0.170. The first kappa shape index (κ1) is 67.6. The van der Waals surface area contributed by atoms with E-state index in [4.69, 9.17) is 0 Å². The van der Waals surface area contributed by atoms with Crippen molar-refractivity contribution in [1.82, 2.24) is 0 Å². The molecule has 168 valence electrons. The first-order valence-corrected chi connectivity index (χ1v) is 12.2. The van der Waals surface area contributed by atoms with E-state index in [2.05, 4.69) is 18.1 Å². The second-order valence-corrected chi connectivity index (χ2v) is 9.47. The van der Waals surface area contributed by atoms with Crippen molar-refractivity contribution < 1.29 is 497 Å². The van der Waals surface area contributed by atoms with Crippen molar-refractivity contribution in [2.45, 2.75) is 36.6 Å². The van der Waals surface area contributed by atoms with Gasteiger partial charge in [0.2, 0.25) is 0 Å². The van der Waals surface area contributed by atoms with Crippen molar-refractivity contribution in [1.29, 1.82) is 0 Å². The largest absolute Gasteiger partial charge is 1.00 e. The molecule has 0 amide bonds. The minimum atomic E-state index is -6.28. The summed E-state index contributed by atoms with van der Waals surface area (Å²) in [4.78, 5) is 86.3. The molecule has 30 heteroatoms. The smallest absolute Gasteiger partial charge is 0.790 e. The summed E-state index contributed by atoms with van der Waals surface area (Å²) in [5, 5.41) is 19.5. The maximum Gasteiger partial charge on any atom is 1.00 e. The maximum atomic E-state index is 10.8. The molecule has 0 aromatic rings. The van der Waals surface area contributed by atoms with E-state index in [-0.39, 0.29) is 411 Å². The molecule has 0 heterocycles. The van der Waals surface area contributed by atoms with E-state index < -0.39 is 67.9 Å². The molecule has 1 aliphatic carbocycles. The fraction of sp³-hybridized carbons (Fsp3) is 1.00. The van der Waals surface area contributed by atoms with Crippen LogP contribution in [-0.2, 0) is 36.4 Å². The third-order valence-corrected chi connectivity index (χ3v) is 5.00. The second kappa shape index (κ2) is 30.9. The molecule has 18 nitrogen and oxygen atoms in total. The van der Waals surface area contributed by atoms with E-state index >= 15 is 0 Å². The van der Waals surface area contributed by atoms with Gasteiger partial charge in [0.1, 0.15) is 36.6 Å². The third kappa shape index (κ3) is 31.0. The Morgan fingerprint density at radius 1 is 0.389 bits per heavy atom. The zero-order valence-electron chi connectivity index (χ0n) is 20.7. The van der Waals surface area contributed by atoms with Crippen LogP contribution < -0.4 is 450 Å². The van der Waals surface area contributed by atoms with Gasteiger partial charge in [-0.25, -0.2) is 0 Å². The van der Waals surface area contributed by atoms with Crippen molar-refractivity contribution in [2.24, 2.45) is 0 Å². The summed E-state index contributed by atoms with van der Waals surface area (Å²) >= 11 is 0. The van der Waals surface area contributed by atoms with Gasteiger partial charge in [-0.1, -0.05) is 0 Å². The van der Waals surface area contributed by atoms with Gasteiger partial charge in [0.05, 0.1) is 31.3 Å². The van der Waals surface area contributed by atoms with Gasteiger partial charge in [-0.15, -0.1) is 0 Å². The van der Waals surface area contributed by atoms with Crippen molar-refractivity contribution in [2.75, 3.05) is 0 Å². The molecule has 1 fully saturated rings. The van der Waals surface area contributed by atoms with Crippen molar-refractivity contribution in [3.05, 3.63) is 0 Å². The molecule has 0 aromatic heterocycles. The van der Waals surface area contributed by atoms with Gasteiger partial charge in [0.15, 0.2) is 0 Å². The van der Waals surface area contributed by atoms with E-state index in [1.165, 1.54) is 0 Å². The summed E-state index contributed by atoms with van der Waals surface area (Å²) in [5.74, 6) is 0. The normalized spacial score (nSPS) is 25.7. The number of hydrogen-bond acceptors (Lipinski definition) is 18. The van der Waals surface area contributed by atoms with Crippen LogP contribution in [0.15, 0.2) is 0 Å². The number of phosphoric ester groups is 4. The van der Waals surface area contributed by atoms with Crippen molar-refractivity contribution in [3.8, 4) is 0 Å². The zero-order valence-corrected chi connectivity index (χ0v) is 49.2. The second-order valence-electron chi connectivity index (χ2n) is 5.05. The molecule has 0 saturated heterocycles. The zero-order chi connectivity index (χ0) is 22.3. The predicted octanol–water partition coefficient (Wildman–Crippen LogP) is -32.4. The van der Waals surface area contributed by atoms with E-state index in [9.17, 15) is 67.6 Å². The number of rotatable bonds is 8. The molecule has 36 heavy (non-hydrogen) atoms. The molecule has 0 radical (unpaired) electrons. The van der Waals surface area contributed by atoms with Crippen LogP contribution in [0.5, 0.6) is 0 Å². The Hall–Kier alpha value is 13.5. The van der Waals surface area contributed by atoms with Gasteiger partial charge in [-0.05, 0) is 0 Å². The van der Waals surface area contributed by atoms with Gasteiger partial charge in [-0.2, -0.15) is 0 Å². The van der Waals surface area contributed by atoms with Gasteiger partial charge in [0, 0.05) is 0 Å². The van der Waals surface area contributed by atoms with E-state index in [0.29, 0.717) is 0 Å². The fourth-order valence-corrected chi connectivity index (χ4v) is 4.39. The number of aliphatic hydroxyl groups is 2. The summed E-state index contributed by atoms with van der Waals surface area (Å²) in [6.45, 7) is 0. The molecule has 1 rings (SSSR count). The molecule has 1 aliphatic rings. The minimum absolute atomic E-state index is 0. The Morgan fingerprint density at radius 2 is 0.528 bits per heavy atom. The Bertz CT molecular complexity index is 692. The molecule has 0 aliphatic heterocycles. The molecule has 1 saturated carbocycles. The average molecular weight is 805 g/mol. The maximum absolute atomic E-state index is 10.8. The first-order valence-electron chi connectivity index (χ1n) is 6.38. The van der Waals surface area contributed by atoms with Crippen molar-refractivity contribution >= 4 is 31.3 Å². The van der Waals surface area contributed by atoms with Gasteiger partial charge in [0.25, 0.3) is 0 Å². The van der Waals surface area contributed by atoms with E-state index in [0.717, 1.165) is 0 Å². The monoisotopic (exact) mass is 804 g/mol. The standard InChI is InChI=1S/C6H16O18P4.8K/c7-1-2(8)4(22-26(12,13)14)6(24-28(18,19)20)5(23-27(15,16)17)3(1)21-25(9,10)11;;;;;;;;/h1-8H,(H2,9,10,11)(H2,12,13,14)(H2,15,16,17)(H2,18,19,20);;;;;;;;/q;8*+1/p-8/t1-,2+,3-,4-,5+,6+;;;;;;;;/m1......../s1. The van der Waals surface area contributed by atoms with Gasteiger partial charge < -0.3 is 85.7 Å². The van der Waals surface area contributed by atoms with Gasteiger partial charge in [-0.3, -0.25) is 0 Å². The van der Waals surface area contributed by atoms with E-state index in [1.54, 1.807) is 0 Å². The van der Waals surface area contributed by atoms with E-state index in [1.807, 2.05) is 0 Å². The summed E-state index contributed by atoms with van der Waals surface area (Å²) in [5.41, 5.74) is 0. The Labute approximate surface area is 546 Å². The first-order chi connectivity index (χ1) is 12.2. The molecule has 0 unspecified atom stereocenters. The minimum Gasteiger partial charge on any atom is -0.790 e. The molecule has 0 bridgehead atoms. The SMILES string of the molecule is O=P([O-])([O-])O[C@@H]1[C@@H](OP(=O)([O-])[O-])[C@H](OP(=O)([O-])[O-])[C@@H](O)[C@@H](O)[C@H]1OP(=O)([O-])[O-].[K+].[K+].[K+].[K+].[K+].[K+].[K+].[K+]. The Morgan fingerprint density at radius 3 is 0.667 bits per heavy atom. The third-order valence-electron chi connectivity index (χ3n) is 3.00. The van der Waals surface area contributed by atoms with Crippen LogP contribution in [0, 0.1) is 0 Å². The Kier molecular flexibility index (Phi) is 57.9. The van der Waals surface area contributed by atoms with Crippen LogP contribution in [0.4, 0.5) is 0 Å². The topological polar surface area (TPSA) is 330 Å². The van der Waals surface area contributed by atoms with Crippen LogP contribution in [0.2, 0.25) is 0 Å². The number of hydrogen-bond donors (Lipinski definition) is 2. The number of aliphatic hydroxyl groups excluding tert-OH is 2. The van der Waals surface area contributed by atoms with Crippen LogP contribution in [0.1, 0.15) is 0 Å². The summed E-state index contributed by atoms with van der Waals surface area (Å²) in [6.07, 6.45) is -17.6. The van der Waals surface area contributed by atoms with Crippen LogP contribution >= 0.6 is 31.3 Å². The number of phosphoric acid groups is 4. The Balaban J connectivity index is -0.000000163. The van der Waals surface area contributed by atoms with Crippen LogP contribution in [-0.4, -0.2) is 46.8 Å². The molecule has 0 spiro atoms. The molecule has 2 N–H and O–H groups in total. The average Bonchev–Trinajstić information content (AvgIpc) is 2.39. The van der Waals surface area contributed by atoms with Crippen LogP contribution in [0.25, 0.3) is 0 Å². The summed E-state index contributed by atoms with van der Waals surface area (Å²) in [6, 6.07) is 0. The summed E-state index contributed by atoms with van der Waals surface area (Å²) < 4.78 is 58.0. The van der Waals surface area contributed by atoms with Crippen molar-refractivity contribution in [3.63, 3.8) is 0 Å². The van der Waals surface area contributed by atoms with Gasteiger partial charge >= 0.3 is 411 Å². The predicted molar refractivity (Wildman–Crippen MR) is 61.9 cm³/mol. The molecular formula is C6H8K8O18P4. The fourth-order valence-electron chi connectivity index (χ4n) is 2.23. The van der Waals surface area contributed by atoms with Crippen LogP contribution in [0.3, 0.4) is 0 Å². The molecule has 0 aromatic carbocycles. The summed E-state index contributed by atoms with van der Waals surface area (Å²) in [7, 11) is -24.9. The molecule has 6 atom stereocenters.